The zero-order valence-corrected chi connectivity index (χ0v) is 19.4. The van der Waals surface area contributed by atoms with E-state index >= 15 is 0 Å². The van der Waals surface area contributed by atoms with E-state index in [1.807, 2.05) is 0 Å². The van der Waals surface area contributed by atoms with E-state index in [2.05, 4.69) is 55.4 Å². The molecule has 0 atom stereocenters. The van der Waals surface area contributed by atoms with E-state index in [1.165, 1.54) is 44.9 Å². The molecule has 0 aromatic carbocycles. The highest BCUT2D eigenvalue weighted by Gasteiger charge is 2.41. The molecule has 0 aliphatic carbocycles. The summed E-state index contributed by atoms with van der Waals surface area (Å²) in [6, 6.07) is 0. The number of rotatable bonds is 15. The first-order chi connectivity index (χ1) is 11.4. The van der Waals surface area contributed by atoms with Crippen LogP contribution in [0.25, 0.3) is 0 Å². The quantitative estimate of drug-likeness (QED) is 0.258. The van der Waals surface area contributed by atoms with Gasteiger partial charge in [0.15, 0.2) is 0 Å². The SMILES string of the molecule is CCC(CC)C[P+](CCC(C)C)(CC(CC)CC)CC(CC)CC. The van der Waals surface area contributed by atoms with Gasteiger partial charge in [0.2, 0.25) is 0 Å². The van der Waals surface area contributed by atoms with E-state index < -0.39 is 7.26 Å². The Labute approximate surface area is 156 Å². The van der Waals surface area contributed by atoms with E-state index in [0.717, 1.165) is 23.7 Å². The first-order valence-corrected chi connectivity index (χ1v) is 13.8. The van der Waals surface area contributed by atoms with Gasteiger partial charge < -0.3 is 0 Å². The summed E-state index contributed by atoms with van der Waals surface area (Å²) in [7, 11) is -0.818. The summed E-state index contributed by atoms with van der Waals surface area (Å²) in [5.74, 6) is 3.81. The van der Waals surface area contributed by atoms with Gasteiger partial charge in [-0.1, -0.05) is 55.4 Å². The lowest BCUT2D eigenvalue weighted by atomic mass is 10.1. The van der Waals surface area contributed by atoms with E-state index in [0.29, 0.717) is 0 Å². The Hall–Kier alpha value is 0.430. The fourth-order valence-corrected chi connectivity index (χ4v) is 11.2. The van der Waals surface area contributed by atoms with Crippen LogP contribution in [0.3, 0.4) is 0 Å². The highest BCUT2D eigenvalue weighted by molar-refractivity contribution is 7.75. The molecule has 0 nitrogen and oxygen atoms in total. The predicted molar refractivity (Wildman–Crippen MR) is 118 cm³/mol. The van der Waals surface area contributed by atoms with Crippen LogP contribution < -0.4 is 0 Å². The van der Waals surface area contributed by atoms with Crippen molar-refractivity contribution in [2.24, 2.45) is 23.7 Å². The average molecular weight is 358 g/mol. The minimum Gasteiger partial charge on any atom is -0.0650 e. The van der Waals surface area contributed by atoms with Gasteiger partial charge in [0.05, 0.1) is 24.6 Å². The maximum atomic E-state index is 2.43. The summed E-state index contributed by atoms with van der Waals surface area (Å²) >= 11 is 0. The van der Waals surface area contributed by atoms with Crippen molar-refractivity contribution in [1.82, 2.24) is 0 Å². The largest absolute Gasteiger partial charge is 0.0650 e. The van der Waals surface area contributed by atoms with E-state index in [4.69, 9.17) is 0 Å². The molecule has 0 fully saturated rings. The Morgan fingerprint density at radius 1 is 0.542 bits per heavy atom. The highest BCUT2D eigenvalue weighted by atomic mass is 31.2. The van der Waals surface area contributed by atoms with Crippen LogP contribution in [0.5, 0.6) is 0 Å². The fraction of sp³-hybridized carbons (Fsp3) is 1.00. The minimum atomic E-state index is -0.818. The molecular weight excluding hydrogens is 307 g/mol. The molecule has 0 rings (SSSR count). The molecule has 146 valence electrons. The van der Waals surface area contributed by atoms with Crippen LogP contribution in [-0.4, -0.2) is 24.6 Å². The third kappa shape index (κ3) is 9.22. The minimum absolute atomic E-state index is 0.818. The zero-order valence-electron chi connectivity index (χ0n) is 18.5. The molecule has 0 radical (unpaired) electrons. The second kappa shape index (κ2) is 13.6. The van der Waals surface area contributed by atoms with Crippen molar-refractivity contribution in [3.63, 3.8) is 0 Å². The standard InChI is InChI=1S/C23H50P/c1-9-21(10-2)17-24(16-15-20(7)8,18-22(11-3)12-4)19-23(13-5)14-6/h20-23H,9-19H2,1-8H3/q+1. The molecule has 0 saturated carbocycles. The molecule has 0 aromatic heterocycles. The molecule has 24 heavy (non-hydrogen) atoms. The van der Waals surface area contributed by atoms with Crippen molar-refractivity contribution in [3.8, 4) is 0 Å². The van der Waals surface area contributed by atoms with Gasteiger partial charge in [0.1, 0.15) is 0 Å². The molecule has 0 aliphatic heterocycles. The molecule has 0 spiro atoms. The lowest BCUT2D eigenvalue weighted by Gasteiger charge is -2.36. The summed E-state index contributed by atoms with van der Waals surface area (Å²) in [6.07, 6.45) is 16.2. The number of hydrogen-bond donors (Lipinski definition) is 0. The molecule has 0 saturated heterocycles. The molecule has 0 aromatic rings. The zero-order chi connectivity index (χ0) is 18.6. The third-order valence-electron chi connectivity index (χ3n) is 6.58. The van der Waals surface area contributed by atoms with Crippen molar-refractivity contribution in [1.29, 1.82) is 0 Å². The second-order valence-electron chi connectivity index (χ2n) is 8.84. The molecule has 0 N–H and O–H groups in total. The maximum Gasteiger partial charge on any atom is 0.0622 e. The topological polar surface area (TPSA) is 0 Å². The van der Waals surface area contributed by atoms with Crippen LogP contribution in [0.4, 0.5) is 0 Å². The molecule has 1 heteroatoms. The van der Waals surface area contributed by atoms with Crippen LogP contribution in [0.15, 0.2) is 0 Å². The summed E-state index contributed by atoms with van der Waals surface area (Å²) in [5, 5.41) is 0. The van der Waals surface area contributed by atoms with Crippen LogP contribution in [0.2, 0.25) is 0 Å². The highest BCUT2D eigenvalue weighted by Crippen LogP contribution is 2.64. The molecule has 0 bridgehead atoms. The lowest BCUT2D eigenvalue weighted by Crippen LogP contribution is -2.25. The van der Waals surface area contributed by atoms with Gasteiger partial charge in [-0.15, -0.1) is 0 Å². The smallest absolute Gasteiger partial charge is 0.0622 e. The van der Waals surface area contributed by atoms with Crippen molar-refractivity contribution >= 4 is 7.26 Å². The van der Waals surface area contributed by atoms with Gasteiger partial charge in [-0.3, -0.25) is 0 Å². The van der Waals surface area contributed by atoms with Gasteiger partial charge >= 0.3 is 0 Å². The Balaban J connectivity index is 5.49. The van der Waals surface area contributed by atoms with Crippen LogP contribution >= 0.6 is 7.26 Å². The predicted octanol–water partition coefficient (Wildman–Crippen LogP) is 8.36. The Kier molecular flexibility index (Phi) is 13.9. The molecule has 0 heterocycles. The normalized spacial score (nSPS) is 13.0. The first kappa shape index (κ1) is 24.4. The molecular formula is C23H50P+. The van der Waals surface area contributed by atoms with Gasteiger partial charge in [0.25, 0.3) is 0 Å². The fourth-order valence-electron chi connectivity index (χ4n) is 4.31. The Morgan fingerprint density at radius 3 is 1.04 bits per heavy atom. The summed E-state index contributed by atoms with van der Waals surface area (Å²) in [4.78, 5) is 0. The molecule has 0 unspecified atom stereocenters. The third-order valence-corrected chi connectivity index (χ3v) is 11.7. The molecule has 0 amide bonds. The van der Waals surface area contributed by atoms with E-state index in [9.17, 15) is 0 Å². The van der Waals surface area contributed by atoms with Crippen molar-refractivity contribution < 1.29 is 0 Å². The Bertz CT molecular complexity index is 236. The van der Waals surface area contributed by atoms with Crippen LogP contribution in [0.1, 0.15) is 100 Å². The van der Waals surface area contributed by atoms with Gasteiger partial charge in [-0.2, -0.15) is 0 Å². The maximum absolute atomic E-state index is 2.43. The summed E-state index contributed by atoms with van der Waals surface area (Å²) in [5.41, 5.74) is 0. The Morgan fingerprint density at radius 2 is 0.833 bits per heavy atom. The average Bonchev–Trinajstić information content (AvgIpc) is 2.60. The van der Waals surface area contributed by atoms with Gasteiger partial charge in [-0.05, 0) is 68.6 Å². The second-order valence-corrected chi connectivity index (χ2v) is 13.1. The molecule has 0 aliphatic rings. The van der Waals surface area contributed by atoms with Crippen LogP contribution in [0, 0.1) is 23.7 Å². The lowest BCUT2D eigenvalue weighted by molar-refractivity contribution is 0.509. The summed E-state index contributed by atoms with van der Waals surface area (Å²) < 4.78 is 0. The van der Waals surface area contributed by atoms with Gasteiger partial charge in [0, 0.05) is 7.26 Å². The summed E-state index contributed by atoms with van der Waals surface area (Å²) in [6.45, 7) is 19.4. The monoisotopic (exact) mass is 357 g/mol. The van der Waals surface area contributed by atoms with Gasteiger partial charge in [-0.25, -0.2) is 0 Å². The first-order valence-electron chi connectivity index (χ1n) is 11.2. The van der Waals surface area contributed by atoms with Crippen molar-refractivity contribution in [2.75, 3.05) is 24.6 Å². The van der Waals surface area contributed by atoms with Crippen molar-refractivity contribution in [2.45, 2.75) is 100 Å². The van der Waals surface area contributed by atoms with Crippen molar-refractivity contribution in [3.05, 3.63) is 0 Å². The van der Waals surface area contributed by atoms with Crippen LogP contribution in [-0.2, 0) is 0 Å². The van der Waals surface area contributed by atoms with E-state index in [1.54, 1.807) is 24.6 Å². The van der Waals surface area contributed by atoms with E-state index in [-0.39, 0.29) is 0 Å². The number of hydrogen-bond acceptors (Lipinski definition) is 0.